The second kappa shape index (κ2) is 7.47. The summed E-state index contributed by atoms with van der Waals surface area (Å²) in [5, 5.41) is 13.8. The fourth-order valence-corrected chi connectivity index (χ4v) is 1.90. The van der Waals surface area contributed by atoms with E-state index in [-0.39, 0.29) is 11.3 Å². The summed E-state index contributed by atoms with van der Waals surface area (Å²) in [6.07, 6.45) is 1.50. The summed E-state index contributed by atoms with van der Waals surface area (Å²) >= 11 is 5.79. The zero-order valence-electron chi connectivity index (χ0n) is 11.9. The first kappa shape index (κ1) is 15.9. The fourth-order valence-electron chi connectivity index (χ4n) is 1.73. The highest BCUT2D eigenvalue weighted by molar-refractivity contribution is 6.31. The van der Waals surface area contributed by atoms with E-state index in [1.807, 2.05) is 31.2 Å². The molecule has 0 spiro atoms. The van der Waals surface area contributed by atoms with E-state index in [4.69, 9.17) is 16.3 Å². The number of phenolic OH excluding ortho intramolecular Hbond substituents is 1. The molecule has 0 saturated carbocycles. The van der Waals surface area contributed by atoms with Crippen molar-refractivity contribution in [2.45, 2.75) is 6.92 Å². The molecule has 0 fully saturated rings. The number of aromatic hydroxyl groups is 1. The Labute approximate surface area is 133 Å². The predicted molar refractivity (Wildman–Crippen MR) is 85.8 cm³/mol. The minimum Gasteiger partial charge on any atom is -0.507 e. The highest BCUT2D eigenvalue weighted by atomic mass is 35.5. The molecular weight excluding hydrogens is 304 g/mol. The van der Waals surface area contributed by atoms with Crippen molar-refractivity contribution >= 4 is 23.7 Å². The molecule has 114 valence electrons. The SMILES string of the molecule is CCOc1ccc(/C=N\NC(=O)c2cc(Cl)ccc2O)cc1. The van der Waals surface area contributed by atoms with Gasteiger partial charge >= 0.3 is 0 Å². The van der Waals surface area contributed by atoms with Gasteiger partial charge in [0.15, 0.2) is 0 Å². The number of benzene rings is 2. The summed E-state index contributed by atoms with van der Waals surface area (Å²) in [6, 6.07) is 11.5. The molecule has 0 unspecified atom stereocenters. The number of halogens is 1. The Morgan fingerprint density at radius 2 is 2.05 bits per heavy atom. The van der Waals surface area contributed by atoms with Crippen molar-refractivity contribution in [1.82, 2.24) is 5.43 Å². The smallest absolute Gasteiger partial charge is 0.275 e. The maximum absolute atomic E-state index is 11.9. The number of hydrogen-bond acceptors (Lipinski definition) is 4. The highest BCUT2D eigenvalue weighted by Crippen LogP contribution is 2.21. The maximum atomic E-state index is 11.9. The number of rotatable bonds is 5. The maximum Gasteiger partial charge on any atom is 0.275 e. The molecule has 0 aliphatic carbocycles. The lowest BCUT2D eigenvalue weighted by molar-refractivity contribution is 0.0952. The lowest BCUT2D eigenvalue weighted by Crippen LogP contribution is -2.17. The van der Waals surface area contributed by atoms with Crippen LogP contribution in [0.4, 0.5) is 0 Å². The number of carbonyl (C=O) groups is 1. The van der Waals surface area contributed by atoms with Gasteiger partial charge in [0.05, 0.1) is 18.4 Å². The van der Waals surface area contributed by atoms with Crippen molar-refractivity contribution in [2.75, 3.05) is 6.61 Å². The van der Waals surface area contributed by atoms with Gasteiger partial charge in [0, 0.05) is 5.02 Å². The van der Waals surface area contributed by atoms with Gasteiger partial charge in [0.1, 0.15) is 11.5 Å². The third-order valence-electron chi connectivity index (χ3n) is 2.77. The van der Waals surface area contributed by atoms with Crippen LogP contribution in [-0.2, 0) is 0 Å². The van der Waals surface area contributed by atoms with Gasteiger partial charge in [-0.2, -0.15) is 5.10 Å². The number of nitrogens with zero attached hydrogens (tertiary/aromatic N) is 1. The van der Waals surface area contributed by atoms with Crippen LogP contribution in [0.3, 0.4) is 0 Å². The van der Waals surface area contributed by atoms with Crippen molar-refractivity contribution in [3.8, 4) is 11.5 Å². The van der Waals surface area contributed by atoms with Crippen LogP contribution in [0.2, 0.25) is 5.02 Å². The van der Waals surface area contributed by atoms with E-state index in [2.05, 4.69) is 10.5 Å². The standard InChI is InChI=1S/C16H15ClN2O3/c1-2-22-13-6-3-11(4-7-13)10-18-19-16(21)14-9-12(17)5-8-15(14)20/h3-10,20H,2H2,1H3,(H,19,21)/b18-10-. The van der Waals surface area contributed by atoms with Gasteiger partial charge in [0.25, 0.3) is 5.91 Å². The molecule has 1 amide bonds. The molecule has 2 rings (SSSR count). The molecule has 0 radical (unpaired) electrons. The molecule has 0 bridgehead atoms. The highest BCUT2D eigenvalue weighted by Gasteiger charge is 2.10. The van der Waals surface area contributed by atoms with Gasteiger partial charge in [-0.25, -0.2) is 5.43 Å². The molecule has 0 saturated heterocycles. The first-order chi connectivity index (χ1) is 10.6. The van der Waals surface area contributed by atoms with Crippen LogP contribution in [0.25, 0.3) is 0 Å². The average Bonchev–Trinajstić information content (AvgIpc) is 2.51. The van der Waals surface area contributed by atoms with Gasteiger partial charge in [-0.15, -0.1) is 0 Å². The minimum absolute atomic E-state index is 0.0661. The average molecular weight is 319 g/mol. The number of hydrogen-bond donors (Lipinski definition) is 2. The fraction of sp³-hybridized carbons (Fsp3) is 0.125. The number of carbonyl (C=O) groups excluding carboxylic acids is 1. The molecule has 2 aromatic carbocycles. The second-order valence-electron chi connectivity index (χ2n) is 4.36. The zero-order chi connectivity index (χ0) is 15.9. The second-order valence-corrected chi connectivity index (χ2v) is 4.80. The molecule has 2 aromatic rings. The normalized spacial score (nSPS) is 10.6. The molecule has 2 N–H and O–H groups in total. The Bertz CT molecular complexity index is 684. The van der Waals surface area contributed by atoms with E-state index >= 15 is 0 Å². The van der Waals surface area contributed by atoms with Crippen LogP contribution in [0.5, 0.6) is 11.5 Å². The number of hydrazone groups is 1. The van der Waals surface area contributed by atoms with Gasteiger partial charge in [-0.05, 0) is 55.0 Å². The quantitative estimate of drug-likeness (QED) is 0.657. The van der Waals surface area contributed by atoms with E-state index in [0.717, 1.165) is 11.3 Å². The van der Waals surface area contributed by atoms with Crippen LogP contribution < -0.4 is 10.2 Å². The summed E-state index contributed by atoms with van der Waals surface area (Å²) in [5.41, 5.74) is 3.21. The zero-order valence-corrected chi connectivity index (χ0v) is 12.7. The van der Waals surface area contributed by atoms with Crippen molar-refractivity contribution < 1.29 is 14.6 Å². The Balaban J connectivity index is 1.99. The minimum atomic E-state index is -0.540. The summed E-state index contributed by atoms with van der Waals surface area (Å²) in [5.74, 6) is 0.0767. The molecule has 22 heavy (non-hydrogen) atoms. The topological polar surface area (TPSA) is 70.9 Å². The summed E-state index contributed by atoms with van der Waals surface area (Å²) < 4.78 is 5.33. The predicted octanol–water partition coefficient (Wildman–Crippen LogP) is 3.21. The van der Waals surface area contributed by atoms with Crippen LogP contribution in [0.1, 0.15) is 22.8 Å². The molecule has 5 nitrogen and oxygen atoms in total. The Hall–Kier alpha value is -2.53. The number of phenols is 1. The van der Waals surface area contributed by atoms with Crippen LogP contribution in [0, 0.1) is 0 Å². The van der Waals surface area contributed by atoms with E-state index in [0.29, 0.717) is 11.6 Å². The Morgan fingerprint density at radius 3 is 2.73 bits per heavy atom. The lowest BCUT2D eigenvalue weighted by Gasteiger charge is -2.04. The van der Waals surface area contributed by atoms with Crippen molar-refractivity contribution in [1.29, 1.82) is 0 Å². The van der Waals surface area contributed by atoms with Gasteiger partial charge in [0.2, 0.25) is 0 Å². The van der Waals surface area contributed by atoms with Crippen LogP contribution in [0.15, 0.2) is 47.6 Å². The summed E-state index contributed by atoms with van der Waals surface area (Å²) in [4.78, 5) is 11.9. The molecular formula is C16H15ClN2O3. The van der Waals surface area contributed by atoms with Crippen LogP contribution in [-0.4, -0.2) is 23.8 Å². The lowest BCUT2D eigenvalue weighted by atomic mass is 10.2. The summed E-state index contributed by atoms with van der Waals surface area (Å²) in [6.45, 7) is 2.52. The van der Waals surface area contributed by atoms with Crippen molar-refractivity contribution in [3.63, 3.8) is 0 Å². The van der Waals surface area contributed by atoms with Gasteiger partial charge < -0.3 is 9.84 Å². The monoisotopic (exact) mass is 318 g/mol. The Kier molecular flexibility index (Phi) is 5.38. The number of amides is 1. The van der Waals surface area contributed by atoms with Crippen molar-refractivity contribution in [2.24, 2.45) is 5.10 Å². The summed E-state index contributed by atoms with van der Waals surface area (Å²) in [7, 11) is 0. The third-order valence-corrected chi connectivity index (χ3v) is 3.01. The van der Waals surface area contributed by atoms with E-state index in [1.54, 1.807) is 0 Å². The third kappa shape index (κ3) is 4.23. The molecule has 0 aliphatic rings. The number of ether oxygens (including phenoxy) is 1. The number of nitrogens with one attached hydrogen (secondary N) is 1. The van der Waals surface area contributed by atoms with Crippen molar-refractivity contribution in [3.05, 3.63) is 58.6 Å². The molecule has 0 aromatic heterocycles. The van der Waals surface area contributed by atoms with Gasteiger partial charge in [-0.1, -0.05) is 11.6 Å². The van der Waals surface area contributed by atoms with E-state index in [1.165, 1.54) is 24.4 Å². The van der Waals surface area contributed by atoms with E-state index in [9.17, 15) is 9.90 Å². The molecule has 6 heteroatoms. The molecule has 0 atom stereocenters. The van der Waals surface area contributed by atoms with Gasteiger partial charge in [-0.3, -0.25) is 4.79 Å². The Morgan fingerprint density at radius 1 is 1.32 bits per heavy atom. The molecule has 0 heterocycles. The van der Waals surface area contributed by atoms with E-state index < -0.39 is 5.91 Å². The first-order valence-electron chi connectivity index (χ1n) is 6.65. The molecule has 0 aliphatic heterocycles. The van der Waals surface area contributed by atoms with Crippen LogP contribution >= 0.6 is 11.6 Å². The first-order valence-corrected chi connectivity index (χ1v) is 7.02. The largest absolute Gasteiger partial charge is 0.507 e.